The molecule has 1 saturated heterocycles. The molecule has 0 aromatic heterocycles. The Morgan fingerprint density at radius 1 is 0.971 bits per heavy atom. The fraction of sp³-hybridized carbons (Fsp3) is 0.300. The number of benzene rings is 3. The van der Waals surface area contributed by atoms with Crippen LogP contribution in [-0.4, -0.2) is 19.1 Å². The Morgan fingerprint density at radius 3 is 2.09 bits per heavy atom. The molecule has 4 rings (SSSR count). The average Bonchev–Trinajstić information content (AvgIpc) is 2.82. The molecule has 1 aliphatic heterocycles. The topological polar surface area (TPSA) is 49.3 Å². The first-order valence-corrected chi connectivity index (χ1v) is 15.5. The zero-order valence-corrected chi connectivity index (χ0v) is 21.7. The minimum atomic E-state index is -1.48. The second-order valence-corrected chi connectivity index (χ2v) is 15.2. The molecule has 0 spiro atoms. The van der Waals surface area contributed by atoms with Crippen LogP contribution in [0.5, 0.6) is 0 Å². The summed E-state index contributed by atoms with van der Waals surface area (Å²) in [5.74, 6) is 2.59. The van der Waals surface area contributed by atoms with Gasteiger partial charge in [-0.1, -0.05) is 79.7 Å². The predicted octanol–water partition coefficient (Wildman–Crippen LogP) is 5.87. The Morgan fingerprint density at radius 2 is 1.54 bits per heavy atom. The number of halogens is 1. The molecule has 0 bridgehead atoms. The molecule has 0 radical (unpaired) electrons. The molecule has 3 aromatic carbocycles. The molecule has 0 aliphatic carbocycles. The van der Waals surface area contributed by atoms with Gasteiger partial charge in [0.1, 0.15) is 19.4 Å². The lowest BCUT2D eigenvalue weighted by Crippen LogP contribution is -2.67. The SMILES string of the molecule is Cc1ccc([C@@]2(c3ccc(C#C[Si](C)(C)C)cc3)NC(=O)[C@@H]2CC[C@H](O)c2ccc(F)cc2)cc1. The van der Waals surface area contributed by atoms with Gasteiger partial charge >= 0.3 is 0 Å². The highest BCUT2D eigenvalue weighted by Crippen LogP contribution is 2.46. The van der Waals surface area contributed by atoms with E-state index in [0.29, 0.717) is 18.4 Å². The fourth-order valence-corrected chi connectivity index (χ4v) is 5.14. The lowest BCUT2D eigenvalue weighted by atomic mass is 9.64. The van der Waals surface area contributed by atoms with E-state index in [4.69, 9.17) is 0 Å². The van der Waals surface area contributed by atoms with Crippen LogP contribution in [0.2, 0.25) is 19.6 Å². The zero-order chi connectivity index (χ0) is 25.2. The van der Waals surface area contributed by atoms with Crippen LogP contribution in [-0.2, 0) is 10.3 Å². The van der Waals surface area contributed by atoms with Crippen LogP contribution in [0.15, 0.2) is 72.8 Å². The summed E-state index contributed by atoms with van der Waals surface area (Å²) >= 11 is 0. The Kier molecular flexibility index (Phi) is 6.98. The maximum Gasteiger partial charge on any atom is 0.227 e. The first-order chi connectivity index (χ1) is 16.6. The maximum absolute atomic E-state index is 13.3. The first-order valence-electron chi connectivity index (χ1n) is 12.0. The molecule has 1 heterocycles. The number of aliphatic hydroxyl groups is 1. The summed E-state index contributed by atoms with van der Waals surface area (Å²) in [5.41, 5.74) is 7.51. The van der Waals surface area contributed by atoms with Crippen LogP contribution in [0.3, 0.4) is 0 Å². The number of carbonyl (C=O) groups excluding carboxylic acids is 1. The van der Waals surface area contributed by atoms with E-state index in [2.05, 4.69) is 72.8 Å². The molecule has 3 aromatic rings. The van der Waals surface area contributed by atoms with Gasteiger partial charge in [-0.05, 0) is 60.7 Å². The van der Waals surface area contributed by atoms with E-state index in [1.165, 1.54) is 12.1 Å². The van der Waals surface area contributed by atoms with Gasteiger partial charge in [-0.25, -0.2) is 4.39 Å². The molecule has 1 amide bonds. The maximum atomic E-state index is 13.3. The highest BCUT2D eigenvalue weighted by atomic mass is 28.3. The molecule has 5 heteroatoms. The summed E-state index contributed by atoms with van der Waals surface area (Å²) < 4.78 is 13.3. The van der Waals surface area contributed by atoms with Crippen molar-refractivity contribution in [3.05, 3.63) is 106 Å². The van der Waals surface area contributed by atoms with Gasteiger partial charge in [0.25, 0.3) is 0 Å². The third-order valence-electron chi connectivity index (χ3n) is 6.57. The summed E-state index contributed by atoms with van der Waals surface area (Å²) in [4.78, 5) is 12.9. The van der Waals surface area contributed by atoms with E-state index in [9.17, 15) is 14.3 Å². The number of aryl methyl sites for hydroxylation is 1. The second-order valence-electron chi connectivity index (χ2n) is 10.4. The van der Waals surface area contributed by atoms with Gasteiger partial charge in [0.05, 0.1) is 12.0 Å². The van der Waals surface area contributed by atoms with Crippen LogP contribution >= 0.6 is 0 Å². The third kappa shape index (κ3) is 5.40. The molecule has 3 nitrogen and oxygen atoms in total. The standard InChI is InChI=1S/C30H32FNO2Si/c1-21-5-11-24(12-6-21)30(25-13-7-22(8-14-25)19-20-35(2,3)4)27(29(34)32-30)17-18-28(33)23-9-15-26(31)16-10-23/h5-16,27-28,33H,17-18H2,1-4H3,(H,32,34)/t27-,28-,30-/m0/s1. The van der Waals surface area contributed by atoms with Crippen LogP contribution < -0.4 is 5.32 Å². The van der Waals surface area contributed by atoms with Crippen molar-refractivity contribution >= 4 is 14.0 Å². The molecule has 0 saturated carbocycles. The highest BCUT2D eigenvalue weighted by molar-refractivity contribution is 6.83. The Labute approximate surface area is 208 Å². The van der Waals surface area contributed by atoms with Gasteiger partial charge in [-0.3, -0.25) is 4.79 Å². The lowest BCUT2D eigenvalue weighted by Gasteiger charge is -2.50. The van der Waals surface area contributed by atoms with Gasteiger partial charge < -0.3 is 10.4 Å². The predicted molar refractivity (Wildman–Crippen MR) is 141 cm³/mol. The van der Waals surface area contributed by atoms with Crippen molar-refractivity contribution in [3.8, 4) is 11.5 Å². The monoisotopic (exact) mass is 485 g/mol. The molecule has 1 aliphatic rings. The molecular formula is C30H32FNO2Si. The van der Waals surface area contributed by atoms with Gasteiger partial charge in [-0.15, -0.1) is 5.54 Å². The zero-order valence-electron chi connectivity index (χ0n) is 20.7. The number of hydrogen-bond acceptors (Lipinski definition) is 2. The van der Waals surface area contributed by atoms with E-state index in [1.807, 2.05) is 19.1 Å². The lowest BCUT2D eigenvalue weighted by molar-refractivity contribution is -0.140. The molecule has 180 valence electrons. The Balaban J connectivity index is 1.64. The largest absolute Gasteiger partial charge is 0.388 e. The van der Waals surface area contributed by atoms with Crippen LogP contribution in [0.25, 0.3) is 0 Å². The fourth-order valence-electron chi connectivity index (χ4n) is 4.62. The molecule has 3 atom stereocenters. The van der Waals surface area contributed by atoms with Crippen molar-refractivity contribution in [3.63, 3.8) is 0 Å². The van der Waals surface area contributed by atoms with Crippen molar-refractivity contribution in [1.82, 2.24) is 5.32 Å². The van der Waals surface area contributed by atoms with Crippen LogP contribution in [0.4, 0.5) is 4.39 Å². The Hall–Kier alpha value is -3.20. The number of rotatable bonds is 6. The minimum absolute atomic E-state index is 0.0283. The summed E-state index contributed by atoms with van der Waals surface area (Å²) in [6.07, 6.45) is 0.130. The number of carbonyl (C=O) groups is 1. The van der Waals surface area contributed by atoms with E-state index < -0.39 is 19.7 Å². The molecule has 0 unspecified atom stereocenters. The number of hydrogen-bond donors (Lipinski definition) is 2. The van der Waals surface area contributed by atoms with E-state index in [-0.39, 0.29) is 17.6 Å². The Bertz CT molecular complexity index is 1250. The van der Waals surface area contributed by atoms with E-state index >= 15 is 0 Å². The molecule has 35 heavy (non-hydrogen) atoms. The van der Waals surface area contributed by atoms with E-state index in [0.717, 1.165) is 22.3 Å². The van der Waals surface area contributed by atoms with E-state index in [1.54, 1.807) is 12.1 Å². The number of β-lactam (4-membered cyclic amide) rings is 1. The normalized spacial score (nSPS) is 20.3. The smallest absolute Gasteiger partial charge is 0.227 e. The van der Waals surface area contributed by atoms with Gasteiger partial charge in [0.2, 0.25) is 5.91 Å². The molecular weight excluding hydrogens is 453 g/mol. The van der Waals surface area contributed by atoms with Crippen LogP contribution in [0, 0.1) is 30.1 Å². The van der Waals surface area contributed by atoms with Crippen molar-refractivity contribution in [1.29, 1.82) is 0 Å². The first kappa shape index (κ1) is 24.9. The quantitative estimate of drug-likeness (QED) is 0.261. The third-order valence-corrected chi connectivity index (χ3v) is 7.45. The summed E-state index contributed by atoms with van der Waals surface area (Å²) in [6.45, 7) is 8.69. The summed E-state index contributed by atoms with van der Waals surface area (Å²) in [6, 6.07) is 22.3. The minimum Gasteiger partial charge on any atom is -0.388 e. The molecule has 1 fully saturated rings. The van der Waals surface area contributed by atoms with Gasteiger partial charge in [-0.2, -0.15) is 0 Å². The number of nitrogens with one attached hydrogen (secondary N) is 1. The van der Waals surface area contributed by atoms with Gasteiger partial charge in [0, 0.05) is 5.56 Å². The van der Waals surface area contributed by atoms with Crippen molar-refractivity contribution < 1.29 is 14.3 Å². The van der Waals surface area contributed by atoms with Crippen molar-refractivity contribution in [2.24, 2.45) is 5.92 Å². The summed E-state index contributed by atoms with van der Waals surface area (Å²) in [5, 5.41) is 13.9. The highest BCUT2D eigenvalue weighted by Gasteiger charge is 2.55. The number of amides is 1. The van der Waals surface area contributed by atoms with Crippen LogP contribution in [0.1, 0.15) is 46.8 Å². The van der Waals surface area contributed by atoms with Crippen molar-refractivity contribution in [2.45, 2.75) is 51.0 Å². The van der Waals surface area contributed by atoms with Gasteiger partial charge in [0.15, 0.2) is 0 Å². The average molecular weight is 486 g/mol. The summed E-state index contributed by atoms with van der Waals surface area (Å²) in [7, 11) is -1.48. The number of aliphatic hydroxyl groups excluding tert-OH is 1. The molecule has 2 N–H and O–H groups in total. The second kappa shape index (κ2) is 9.81. The van der Waals surface area contributed by atoms with Crippen molar-refractivity contribution in [2.75, 3.05) is 0 Å².